The first-order valence-electron chi connectivity index (χ1n) is 5.26. The van der Waals surface area contributed by atoms with Crippen LogP contribution in [0.4, 0.5) is 0 Å². The van der Waals surface area contributed by atoms with E-state index in [9.17, 15) is 4.79 Å². The predicted molar refractivity (Wildman–Crippen MR) is 54.8 cm³/mol. The maximum atomic E-state index is 11.7. The van der Waals surface area contributed by atoms with Gasteiger partial charge in [-0.05, 0) is 13.3 Å². The summed E-state index contributed by atoms with van der Waals surface area (Å²) in [6.07, 6.45) is 2.55. The number of Topliss-reactive ketones (excluding diaryl/α,β-unsaturated/α-hetero) is 1. The van der Waals surface area contributed by atoms with E-state index < -0.39 is 0 Å². The third kappa shape index (κ3) is 1.29. The number of fused-ring (bicyclic) bond motifs is 1. The van der Waals surface area contributed by atoms with E-state index >= 15 is 0 Å². The molecule has 2 rings (SSSR count). The summed E-state index contributed by atoms with van der Waals surface area (Å²) in [4.78, 5) is 11.7. The number of carbonyl (C=O) groups excluding carboxylic acids is 1. The maximum absolute atomic E-state index is 11.7. The third-order valence-corrected chi connectivity index (χ3v) is 2.87. The molecule has 1 aromatic heterocycles. The Balaban J connectivity index is 2.55. The van der Waals surface area contributed by atoms with Crippen LogP contribution in [0.15, 0.2) is 4.42 Å². The normalized spacial score (nSPS) is 16.1. The molecule has 0 radical (unpaired) electrons. The van der Waals surface area contributed by atoms with E-state index in [2.05, 4.69) is 13.8 Å². The summed E-state index contributed by atoms with van der Waals surface area (Å²) >= 11 is 0. The summed E-state index contributed by atoms with van der Waals surface area (Å²) in [6, 6.07) is 0. The number of hydrogen-bond acceptors (Lipinski definition) is 2. The molecule has 0 atom stereocenters. The summed E-state index contributed by atoms with van der Waals surface area (Å²) in [5.41, 5.74) is 1.94. The van der Waals surface area contributed by atoms with Crippen LogP contribution in [0.25, 0.3) is 0 Å². The smallest absolute Gasteiger partial charge is 0.166 e. The SMILES string of the molecule is Cc1c(C(C)C)oc2c1C(=O)CCC2. The van der Waals surface area contributed by atoms with Crippen molar-refractivity contribution in [3.05, 3.63) is 22.6 Å². The minimum absolute atomic E-state index is 0.263. The van der Waals surface area contributed by atoms with Gasteiger partial charge in [-0.15, -0.1) is 0 Å². The Bertz CT molecular complexity index is 372. The zero-order valence-electron chi connectivity index (χ0n) is 9.02. The molecule has 0 aromatic carbocycles. The van der Waals surface area contributed by atoms with Crippen molar-refractivity contribution < 1.29 is 9.21 Å². The van der Waals surface area contributed by atoms with Gasteiger partial charge in [0.15, 0.2) is 5.78 Å². The van der Waals surface area contributed by atoms with E-state index in [0.29, 0.717) is 12.3 Å². The molecule has 2 heteroatoms. The topological polar surface area (TPSA) is 30.2 Å². The van der Waals surface area contributed by atoms with Crippen LogP contribution in [-0.4, -0.2) is 5.78 Å². The third-order valence-electron chi connectivity index (χ3n) is 2.87. The molecule has 1 aliphatic rings. The first kappa shape index (κ1) is 9.50. The fourth-order valence-corrected chi connectivity index (χ4v) is 2.22. The Kier molecular flexibility index (Phi) is 2.22. The average molecular weight is 192 g/mol. The first-order valence-corrected chi connectivity index (χ1v) is 5.26. The summed E-state index contributed by atoms with van der Waals surface area (Å²) < 4.78 is 5.75. The fourth-order valence-electron chi connectivity index (χ4n) is 2.22. The van der Waals surface area contributed by atoms with Crippen LogP contribution in [0.3, 0.4) is 0 Å². The molecule has 0 bridgehead atoms. The number of aryl methyl sites for hydroxylation is 1. The minimum Gasteiger partial charge on any atom is -0.465 e. The highest BCUT2D eigenvalue weighted by Gasteiger charge is 2.26. The van der Waals surface area contributed by atoms with Crippen LogP contribution in [0, 0.1) is 6.92 Å². The Morgan fingerprint density at radius 3 is 2.57 bits per heavy atom. The van der Waals surface area contributed by atoms with Crippen LogP contribution >= 0.6 is 0 Å². The molecule has 0 saturated heterocycles. The second kappa shape index (κ2) is 3.26. The monoisotopic (exact) mass is 192 g/mol. The number of ketones is 1. The molecule has 0 fully saturated rings. The van der Waals surface area contributed by atoms with Crippen LogP contribution in [-0.2, 0) is 6.42 Å². The molecule has 2 nitrogen and oxygen atoms in total. The molecule has 0 aliphatic heterocycles. The van der Waals surface area contributed by atoms with Gasteiger partial charge in [0.25, 0.3) is 0 Å². The maximum Gasteiger partial charge on any atom is 0.166 e. The molecular weight excluding hydrogens is 176 g/mol. The zero-order chi connectivity index (χ0) is 10.3. The lowest BCUT2D eigenvalue weighted by Crippen LogP contribution is -2.09. The molecule has 76 valence electrons. The lowest BCUT2D eigenvalue weighted by Gasteiger charge is -2.07. The van der Waals surface area contributed by atoms with E-state index in [0.717, 1.165) is 35.5 Å². The molecule has 0 N–H and O–H groups in total. The average Bonchev–Trinajstić information content (AvgIpc) is 2.45. The van der Waals surface area contributed by atoms with Gasteiger partial charge in [-0.25, -0.2) is 0 Å². The summed E-state index contributed by atoms with van der Waals surface area (Å²) in [7, 11) is 0. The highest BCUT2D eigenvalue weighted by molar-refractivity contribution is 5.99. The Labute approximate surface area is 84.3 Å². The predicted octanol–water partition coefficient (Wildman–Crippen LogP) is 3.23. The molecule has 0 amide bonds. The molecule has 1 heterocycles. The van der Waals surface area contributed by atoms with Gasteiger partial charge in [-0.3, -0.25) is 4.79 Å². The van der Waals surface area contributed by atoms with Gasteiger partial charge in [-0.1, -0.05) is 13.8 Å². The van der Waals surface area contributed by atoms with Crippen molar-refractivity contribution >= 4 is 5.78 Å². The molecular formula is C12H16O2. The van der Waals surface area contributed by atoms with Gasteiger partial charge in [0.1, 0.15) is 11.5 Å². The van der Waals surface area contributed by atoms with Crippen molar-refractivity contribution in [2.45, 2.75) is 46.0 Å². The molecule has 14 heavy (non-hydrogen) atoms. The van der Waals surface area contributed by atoms with Crippen molar-refractivity contribution in [2.24, 2.45) is 0 Å². The second-order valence-corrected chi connectivity index (χ2v) is 4.32. The van der Waals surface area contributed by atoms with Crippen molar-refractivity contribution in [3.63, 3.8) is 0 Å². The molecule has 1 aromatic rings. The Hall–Kier alpha value is -1.05. The van der Waals surface area contributed by atoms with E-state index in [1.807, 2.05) is 6.92 Å². The Morgan fingerprint density at radius 2 is 2.00 bits per heavy atom. The summed E-state index contributed by atoms with van der Waals surface area (Å²) in [5, 5.41) is 0. The van der Waals surface area contributed by atoms with Gasteiger partial charge < -0.3 is 4.42 Å². The molecule has 0 saturated carbocycles. The summed E-state index contributed by atoms with van der Waals surface area (Å²) in [6.45, 7) is 6.20. The van der Waals surface area contributed by atoms with Crippen molar-refractivity contribution in [3.8, 4) is 0 Å². The number of rotatable bonds is 1. The van der Waals surface area contributed by atoms with Gasteiger partial charge in [0, 0.05) is 24.3 Å². The van der Waals surface area contributed by atoms with Gasteiger partial charge in [0.2, 0.25) is 0 Å². The van der Waals surface area contributed by atoms with E-state index in [1.165, 1.54) is 0 Å². The van der Waals surface area contributed by atoms with Crippen molar-refractivity contribution in [1.29, 1.82) is 0 Å². The lowest BCUT2D eigenvalue weighted by atomic mass is 9.93. The second-order valence-electron chi connectivity index (χ2n) is 4.32. The van der Waals surface area contributed by atoms with Crippen LogP contribution in [0.1, 0.15) is 60.0 Å². The largest absolute Gasteiger partial charge is 0.465 e. The number of hydrogen-bond donors (Lipinski definition) is 0. The highest BCUT2D eigenvalue weighted by Crippen LogP contribution is 2.32. The number of furan rings is 1. The minimum atomic E-state index is 0.263. The first-order chi connectivity index (χ1) is 6.61. The van der Waals surface area contributed by atoms with Crippen molar-refractivity contribution in [2.75, 3.05) is 0 Å². The van der Waals surface area contributed by atoms with Crippen LogP contribution in [0.2, 0.25) is 0 Å². The van der Waals surface area contributed by atoms with Crippen LogP contribution < -0.4 is 0 Å². The lowest BCUT2D eigenvalue weighted by molar-refractivity contribution is 0.0969. The zero-order valence-corrected chi connectivity index (χ0v) is 9.02. The Morgan fingerprint density at radius 1 is 1.29 bits per heavy atom. The van der Waals surface area contributed by atoms with E-state index in [1.54, 1.807) is 0 Å². The van der Waals surface area contributed by atoms with Gasteiger partial charge in [-0.2, -0.15) is 0 Å². The quantitative estimate of drug-likeness (QED) is 0.683. The van der Waals surface area contributed by atoms with Gasteiger partial charge in [0.05, 0.1) is 5.56 Å². The highest BCUT2D eigenvalue weighted by atomic mass is 16.3. The fraction of sp³-hybridized carbons (Fsp3) is 0.583. The molecule has 1 aliphatic carbocycles. The molecule has 0 spiro atoms. The van der Waals surface area contributed by atoms with E-state index in [4.69, 9.17) is 4.42 Å². The van der Waals surface area contributed by atoms with Crippen molar-refractivity contribution in [1.82, 2.24) is 0 Å². The number of carbonyl (C=O) groups is 1. The van der Waals surface area contributed by atoms with Crippen LogP contribution in [0.5, 0.6) is 0 Å². The van der Waals surface area contributed by atoms with Gasteiger partial charge >= 0.3 is 0 Å². The van der Waals surface area contributed by atoms with E-state index in [-0.39, 0.29) is 5.78 Å². The molecule has 0 unspecified atom stereocenters. The standard InChI is InChI=1S/C12H16O2/c1-7(2)12-8(3)11-9(13)5-4-6-10(11)14-12/h7H,4-6H2,1-3H3. The summed E-state index contributed by atoms with van der Waals surface area (Å²) in [5.74, 6) is 2.54.